The van der Waals surface area contributed by atoms with Crippen LogP contribution in [0.1, 0.15) is 22.8 Å². The van der Waals surface area contributed by atoms with E-state index in [9.17, 15) is 14.7 Å². The van der Waals surface area contributed by atoms with Gasteiger partial charge in [0.05, 0.1) is 12.3 Å². The molecule has 0 aliphatic rings. The van der Waals surface area contributed by atoms with Gasteiger partial charge in [0, 0.05) is 11.3 Å². The Kier molecular flexibility index (Phi) is 5.19. The molecule has 2 aromatic rings. The maximum absolute atomic E-state index is 12.2. The third kappa shape index (κ3) is 4.47. The van der Waals surface area contributed by atoms with Crippen molar-refractivity contribution in [2.24, 2.45) is 0 Å². The molecular formula is C17H18N2O4. The number of amides is 2. The molecule has 0 fully saturated rings. The van der Waals surface area contributed by atoms with E-state index in [1.165, 1.54) is 0 Å². The van der Waals surface area contributed by atoms with E-state index in [0.29, 0.717) is 16.9 Å². The van der Waals surface area contributed by atoms with Gasteiger partial charge in [0.2, 0.25) is 0 Å². The lowest BCUT2D eigenvalue weighted by atomic mass is 10.1. The third-order valence-electron chi connectivity index (χ3n) is 3.07. The monoisotopic (exact) mass is 314 g/mol. The van der Waals surface area contributed by atoms with Gasteiger partial charge in [0.1, 0.15) is 5.75 Å². The quantitative estimate of drug-likeness (QED) is 0.753. The lowest BCUT2D eigenvalue weighted by Gasteiger charge is -2.09. The van der Waals surface area contributed by atoms with Crippen molar-refractivity contribution in [2.45, 2.75) is 13.8 Å². The van der Waals surface area contributed by atoms with Crippen LogP contribution in [0.2, 0.25) is 0 Å². The third-order valence-corrected chi connectivity index (χ3v) is 3.07. The Morgan fingerprint density at radius 1 is 1.09 bits per heavy atom. The molecule has 120 valence electrons. The molecule has 0 aromatic heterocycles. The summed E-state index contributed by atoms with van der Waals surface area (Å²) in [5, 5.41) is 15.0. The van der Waals surface area contributed by atoms with E-state index in [4.69, 9.17) is 4.74 Å². The van der Waals surface area contributed by atoms with Crippen LogP contribution >= 0.6 is 0 Å². The van der Waals surface area contributed by atoms with Crippen molar-refractivity contribution in [1.29, 1.82) is 0 Å². The molecule has 0 heterocycles. The summed E-state index contributed by atoms with van der Waals surface area (Å²) in [5.41, 5.74) is 2.17. The summed E-state index contributed by atoms with van der Waals surface area (Å²) >= 11 is 0. The summed E-state index contributed by atoms with van der Waals surface area (Å²) in [6, 6.07) is 11.3. The van der Waals surface area contributed by atoms with Crippen LogP contribution in [0.5, 0.6) is 5.75 Å². The first-order valence-corrected chi connectivity index (χ1v) is 7.14. The van der Waals surface area contributed by atoms with Gasteiger partial charge in [-0.1, -0.05) is 6.07 Å². The number of rotatable bonds is 4. The molecule has 2 amide bonds. The molecule has 0 atom stereocenters. The van der Waals surface area contributed by atoms with Gasteiger partial charge in [-0.2, -0.15) is 0 Å². The van der Waals surface area contributed by atoms with Gasteiger partial charge in [-0.05, 0) is 55.8 Å². The van der Waals surface area contributed by atoms with Crippen molar-refractivity contribution >= 4 is 23.4 Å². The molecule has 23 heavy (non-hydrogen) atoms. The average Bonchev–Trinajstić information content (AvgIpc) is 2.51. The van der Waals surface area contributed by atoms with E-state index in [1.807, 2.05) is 6.92 Å². The molecule has 0 bridgehead atoms. The first kappa shape index (κ1) is 16.4. The van der Waals surface area contributed by atoms with E-state index in [1.54, 1.807) is 49.4 Å². The number of ether oxygens (including phenoxy) is 1. The molecule has 0 saturated carbocycles. The Morgan fingerprint density at radius 2 is 1.78 bits per heavy atom. The minimum atomic E-state index is -0.547. The number of phenolic OH excluding ortho intramolecular Hbond substituents is 1. The molecule has 6 nitrogen and oxygen atoms in total. The fourth-order valence-corrected chi connectivity index (χ4v) is 1.93. The maximum Gasteiger partial charge on any atom is 0.411 e. The summed E-state index contributed by atoms with van der Waals surface area (Å²) in [7, 11) is 0. The Bertz CT molecular complexity index is 711. The smallest absolute Gasteiger partial charge is 0.411 e. The van der Waals surface area contributed by atoms with Crippen molar-refractivity contribution in [3.05, 3.63) is 53.6 Å². The Labute approximate surface area is 134 Å². The van der Waals surface area contributed by atoms with Gasteiger partial charge in [0.25, 0.3) is 5.91 Å². The number of benzene rings is 2. The molecule has 0 aliphatic heterocycles. The lowest BCUT2D eigenvalue weighted by molar-refractivity contribution is 0.102. The summed E-state index contributed by atoms with van der Waals surface area (Å²) in [6.07, 6.45) is -0.547. The van der Waals surface area contributed by atoms with Crippen LogP contribution in [0, 0.1) is 6.92 Å². The van der Waals surface area contributed by atoms with Crippen molar-refractivity contribution in [2.75, 3.05) is 17.2 Å². The molecule has 3 N–H and O–H groups in total. The molecule has 0 radical (unpaired) electrons. The van der Waals surface area contributed by atoms with Gasteiger partial charge < -0.3 is 15.2 Å². The minimum Gasteiger partial charge on any atom is -0.506 e. The molecular weight excluding hydrogens is 296 g/mol. The number of carbonyl (C=O) groups is 2. The number of nitrogens with one attached hydrogen (secondary N) is 2. The van der Waals surface area contributed by atoms with Crippen molar-refractivity contribution in [3.8, 4) is 5.75 Å². The van der Waals surface area contributed by atoms with E-state index in [-0.39, 0.29) is 18.3 Å². The van der Waals surface area contributed by atoms with Gasteiger partial charge >= 0.3 is 6.09 Å². The van der Waals surface area contributed by atoms with Crippen LogP contribution in [-0.2, 0) is 4.74 Å². The zero-order chi connectivity index (χ0) is 16.8. The van der Waals surface area contributed by atoms with E-state index >= 15 is 0 Å². The van der Waals surface area contributed by atoms with Crippen molar-refractivity contribution in [1.82, 2.24) is 0 Å². The molecule has 0 spiro atoms. The predicted octanol–water partition coefficient (Wildman–Crippen LogP) is 3.52. The highest BCUT2D eigenvalue weighted by molar-refractivity contribution is 6.05. The summed E-state index contributed by atoms with van der Waals surface area (Å²) in [6.45, 7) is 3.85. The standard InChI is InChI=1S/C17H18N2O4/c1-3-23-17(22)18-13-7-5-12(6-8-13)16(21)19-14-9-4-11(2)10-15(14)20/h4-10,20H,3H2,1-2H3,(H,18,22)(H,19,21). The van der Waals surface area contributed by atoms with Crippen molar-refractivity contribution in [3.63, 3.8) is 0 Å². The lowest BCUT2D eigenvalue weighted by Crippen LogP contribution is -2.14. The van der Waals surface area contributed by atoms with Crippen LogP contribution in [0.25, 0.3) is 0 Å². The molecule has 6 heteroatoms. The molecule has 2 rings (SSSR count). The number of anilines is 2. The Balaban J connectivity index is 2.04. The zero-order valence-corrected chi connectivity index (χ0v) is 12.9. The number of hydrogen-bond donors (Lipinski definition) is 3. The SMILES string of the molecule is CCOC(=O)Nc1ccc(C(=O)Nc2ccc(C)cc2O)cc1. The van der Waals surface area contributed by atoms with E-state index in [2.05, 4.69) is 10.6 Å². The van der Waals surface area contributed by atoms with Crippen LogP contribution in [-0.4, -0.2) is 23.7 Å². The summed E-state index contributed by atoms with van der Waals surface area (Å²) < 4.78 is 4.77. The predicted molar refractivity (Wildman–Crippen MR) is 87.9 cm³/mol. The molecule has 0 aliphatic carbocycles. The largest absolute Gasteiger partial charge is 0.506 e. The maximum atomic E-state index is 12.2. The fraction of sp³-hybridized carbons (Fsp3) is 0.176. The fourth-order valence-electron chi connectivity index (χ4n) is 1.93. The number of aryl methyl sites for hydroxylation is 1. The topological polar surface area (TPSA) is 87.7 Å². The molecule has 0 saturated heterocycles. The van der Waals surface area contributed by atoms with Crippen LogP contribution < -0.4 is 10.6 Å². The van der Waals surface area contributed by atoms with Crippen LogP contribution in [0.15, 0.2) is 42.5 Å². The Morgan fingerprint density at radius 3 is 2.39 bits per heavy atom. The highest BCUT2D eigenvalue weighted by atomic mass is 16.5. The van der Waals surface area contributed by atoms with Gasteiger partial charge in [-0.15, -0.1) is 0 Å². The number of carbonyl (C=O) groups excluding carboxylic acids is 2. The normalized spacial score (nSPS) is 10.0. The number of aromatic hydroxyl groups is 1. The van der Waals surface area contributed by atoms with Crippen molar-refractivity contribution < 1.29 is 19.4 Å². The second kappa shape index (κ2) is 7.31. The van der Waals surface area contributed by atoms with Crippen LogP contribution in [0.4, 0.5) is 16.2 Å². The number of phenols is 1. The summed E-state index contributed by atoms with van der Waals surface area (Å²) in [5.74, 6) is -0.342. The van der Waals surface area contributed by atoms with E-state index in [0.717, 1.165) is 5.56 Å². The first-order chi connectivity index (χ1) is 11.0. The second-order valence-electron chi connectivity index (χ2n) is 4.90. The van der Waals surface area contributed by atoms with Gasteiger partial charge in [-0.3, -0.25) is 10.1 Å². The van der Waals surface area contributed by atoms with E-state index < -0.39 is 6.09 Å². The van der Waals surface area contributed by atoms with Gasteiger partial charge in [-0.25, -0.2) is 4.79 Å². The zero-order valence-electron chi connectivity index (χ0n) is 12.9. The van der Waals surface area contributed by atoms with Gasteiger partial charge in [0.15, 0.2) is 0 Å². The molecule has 2 aromatic carbocycles. The minimum absolute atomic E-state index is 0.0129. The highest BCUT2D eigenvalue weighted by Gasteiger charge is 2.09. The molecule has 0 unspecified atom stereocenters. The highest BCUT2D eigenvalue weighted by Crippen LogP contribution is 2.24. The first-order valence-electron chi connectivity index (χ1n) is 7.14. The average molecular weight is 314 g/mol. The summed E-state index contributed by atoms with van der Waals surface area (Å²) in [4.78, 5) is 23.4. The second-order valence-corrected chi connectivity index (χ2v) is 4.90. The Hall–Kier alpha value is -3.02. The number of hydrogen-bond acceptors (Lipinski definition) is 4. The van der Waals surface area contributed by atoms with Crippen LogP contribution in [0.3, 0.4) is 0 Å².